The van der Waals surface area contributed by atoms with E-state index < -0.39 is 0 Å². The summed E-state index contributed by atoms with van der Waals surface area (Å²) in [5.41, 5.74) is 3.49. The van der Waals surface area contributed by atoms with Crippen LogP contribution in [-0.4, -0.2) is 26.7 Å². The average molecular weight is 457 g/mol. The summed E-state index contributed by atoms with van der Waals surface area (Å²) < 4.78 is 5.65. The van der Waals surface area contributed by atoms with Gasteiger partial charge in [-0.25, -0.2) is 4.98 Å². The summed E-state index contributed by atoms with van der Waals surface area (Å²) in [7, 11) is 0. The van der Waals surface area contributed by atoms with E-state index >= 15 is 0 Å². The van der Waals surface area contributed by atoms with Crippen molar-refractivity contribution in [2.75, 3.05) is 11.1 Å². The molecule has 2 aromatic carbocycles. The minimum absolute atomic E-state index is 0.0241. The van der Waals surface area contributed by atoms with Crippen LogP contribution in [0.25, 0.3) is 0 Å². The van der Waals surface area contributed by atoms with Gasteiger partial charge in [0.05, 0.1) is 17.9 Å². The van der Waals surface area contributed by atoms with Crippen LogP contribution in [0.5, 0.6) is 0 Å². The van der Waals surface area contributed by atoms with Crippen molar-refractivity contribution in [3.05, 3.63) is 81.6 Å². The Hall–Kier alpha value is -2.68. The van der Waals surface area contributed by atoms with Gasteiger partial charge in [0, 0.05) is 21.7 Å². The predicted molar refractivity (Wildman–Crippen MR) is 120 cm³/mol. The molecule has 0 aliphatic rings. The number of hydrogen-bond donors (Lipinski definition) is 1. The summed E-state index contributed by atoms with van der Waals surface area (Å²) in [6.45, 7) is 1.99. The van der Waals surface area contributed by atoms with E-state index in [2.05, 4.69) is 20.5 Å². The Kier molecular flexibility index (Phi) is 6.47. The molecule has 30 heavy (non-hydrogen) atoms. The number of nitrogens with one attached hydrogen (secondary N) is 1. The van der Waals surface area contributed by atoms with E-state index in [-0.39, 0.29) is 11.5 Å². The summed E-state index contributed by atoms with van der Waals surface area (Å²) in [5.74, 6) is 0.727. The van der Waals surface area contributed by atoms with Crippen LogP contribution in [0.1, 0.15) is 27.5 Å². The van der Waals surface area contributed by atoms with Crippen molar-refractivity contribution in [1.29, 1.82) is 0 Å². The van der Waals surface area contributed by atoms with Crippen LogP contribution in [0.3, 0.4) is 0 Å². The minimum Gasteiger partial charge on any atom is -0.416 e. The van der Waals surface area contributed by atoms with Gasteiger partial charge >= 0.3 is 0 Å². The Morgan fingerprint density at radius 2 is 2.03 bits per heavy atom. The molecule has 6 nitrogen and oxygen atoms in total. The summed E-state index contributed by atoms with van der Waals surface area (Å²) in [6.07, 6.45) is 0.424. The number of benzene rings is 2. The molecule has 1 N–H and O–H groups in total. The maximum absolute atomic E-state index is 12.3. The Labute approximate surface area is 186 Å². The Bertz CT molecular complexity index is 1160. The highest BCUT2D eigenvalue weighted by Crippen LogP contribution is 2.25. The lowest BCUT2D eigenvalue weighted by molar-refractivity contribution is 0.102. The molecule has 0 amide bonds. The molecule has 4 aromatic rings. The molecule has 0 aliphatic carbocycles. The van der Waals surface area contributed by atoms with Crippen LogP contribution >= 0.6 is 34.7 Å². The molecule has 4 rings (SSSR count). The van der Waals surface area contributed by atoms with Crippen molar-refractivity contribution in [2.45, 2.75) is 18.6 Å². The van der Waals surface area contributed by atoms with Gasteiger partial charge < -0.3 is 9.73 Å². The SMILES string of the molecule is Cc1ccc(C(=O)CSc2nnc(Cc3csc(Nc4cccc(Cl)c4)n3)o2)cc1. The zero-order valence-corrected chi connectivity index (χ0v) is 18.4. The van der Waals surface area contributed by atoms with Gasteiger partial charge in [-0.3, -0.25) is 4.79 Å². The highest BCUT2D eigenvalue weighted by atomic mass is 35.5. The zero-order valence-electron chi connectivity index (χ0n) is 16.0. The van der Waals surface area contributed by atoms with Gasteiger partial charge in [-0.1, -0.05) is 59.3 Å². The molecule has 9 heteroatoms. The smallest absolute Gasteiger partial charge is 0.277 e. The standard InChI is InChI=1S/C21H17ClN4O2S2/c1-13-5-7-14(8-6-13)18(27)12-30-21-26-25-19(28-21)10-17-11-29-20(24-17)23-16-4-2-3-15(22)9-16/h2-9,11H,10,12H2,1H3,(H,23,24). The molecule has 0 fully saturated rings. The minimum atomic E-state index is 0.0241. The monoisotopic (exact) mass is 456 g/mol. The van der Waals surface area contributed by atoms with Gasteiger partial charge in [0.1, 0.15) is 0 Å². The number of thioether (sulfide) groups is 1. The topological polar surface area (TPSA) is 80.9 Å². The molecule has 2 aromatic heterocycles. The predicted octanol–water partition coefficient (Wildman–Crippen LogP) is 5.80. The average Bonchev–Trinajstić information content (AvgIpc) is 3.36. The molecule has 0 aliphatic heterocycles. The largest absolute Gasteiger partial charge is 0.416 e. The van der Waals surface area contributed by atoms with Crippen LogP contribution in [0, 0.1) is 6.92 Å². The van der Waals surface area contributed by atoms with Gasteiger partial charge in [-0.15, -0.1) is 21.5 Å². The first-order chi connectivity index (χ1) is 14.5. The van der Waals surface area contributed by atoms with Crippen molar-refractivity contribution >= 4 is 51.3 Å². The lowest BCUT2D eigenvalue weighted by Crippen LogP contribution is -2.02. The van der Waals surface area contributed by atoms with Gasteiger partial charge in [-0.2, -0.15) is 0 Å². The molecule has 0 atom stereocenters. The second kappa shape index (κ2) is 9.42. The third-order valence-corrected chi connectivity index (χ3v) is 5.97. The van der Waals surface area contributed by atoms with Crippen molar-refractivity contribution in [3.8, 4) is 0 Å². The molecule has 0 bridgehead atoms. The number of aromatic nitrogens is 3. The first kappa shape index (κ1) is 20.6. The van der Waals surface area contributed by atoms with Crippen LogP contribution in [0.4, 0.5) is 10.8 Å². The first-order valence-electron chi connectivity index (χ1n) is 9.07. The maximum atomic E-state index is 12.3. The van der Waals surface area contributed by atoms with E-state index in [4.69, 9.17) is 16.0 Å². The summed E-state index contributed by atoms with van der Waals surface area (Å²) >= 11 is 8.72. The number of Topliss-reactive ketones (excluding diaryl/α,β-unsaturated/α-hetero) is 1. The number of hydrogen-bond acceptors (Lipinski definition) is 8. The second-order valence-corrected chi connectivity index (χ2v) is 8.72. The molecule has 0 saturated heterocycles. The van der Waals surface area contributed by atoms with Crippen LogP contribution in [-0.2, 0) is 6.42 Å². The van der Waals surface area contributed by atoms with E-state index in [0.717, 1.165) is 22.1 Å². The molecule has 2 heterocycles. The van der Waals surface area contributed by atoms with E-state index in [1.165, 1.54) is 23.1 Å². The summed E-state index contributed by atoms with van der Waals surface area (Å²) in [5, 5.41) is 15.0. The third kappa shape index (κ3) is 5.47. The molecular weight excluding hydrogens is 440 g/mol. The van der Waals surface area contributed by atoms with Crippen LogP contribution < -0.4 is 5.32 Å². The summed E-state index contributed by atoms with van der Waals surface area (Å²) in [6, 6.07) is 15.0. The van der Waals surface area contributed by atoms with Crippen molar-refractivity contribution < 1.29 is 9.21 Å². The van der Waals surface area contributed by atoms with Gasteiger partial charge in [0.2, 0.25) is 5.89 Å². The molecular formula is C21H17ClN4O2S2. The Balaban J connectivity index is 1.32. The molecule has 0 spiro atoms. The fraction of sp³-hybridized carbons (Fsp3) is 0.143. The van der Waals surface area contributed by atoms with E-state index in [0.29, 0.717) is 28.1 Å². The molecule has 0 saturated carbocycles. The fourth-order valence-corrected chi connectivity index (χ4v) is 4.20. The fourth-order valence-electron chi connectivity index (χ4n) is 2.61. The number of carbonyl (C=O) groups excluding carboxylic acids is 1. The second-order valence-electron chi connectivity index (χ2n) is 6.50. The van der Waals surface area contributed by atoms with Crippen molar-refractivity contribution in [1.82, 2.24) is 15.2 Å². The number of anilines is 2. The van der Waals surface area contributed by atoms with E-state index in [1.54, 1.807) is 0 Å². The Morgan fingerprint density at radius 3 is 2.83 bits per heavy atom. The number of ketones is 1. The first-order valence-corrected chi connectivity index (χ1v) is 11.3. The number of halogens is 1. The lowest BCUT2D eigenvalue weighted by atomic mass is 10.1. The summed E-state index contributed by atoms with van der Waals surface area (Å²) in [4.78, 5) is 16.8. The van der Waals surface area contributed by atoms with Crippen molar-refractivity contribution in [3.63, 3.8) is 0 Å². The highest BCUT2D eigenvalue weighted by Gasteiger charge is 2.13. The van der Waals surface area contributed by atoms with E-state index in [9.17, 15) is 4.79 Å². The highest BCUT2D eigenvalue weighted by molar-refractivity contribution is 7.99. The van der Waals surface area contributed by atoms with Gasteiger partial charge in [0.15, 0.2) is 10.9 Å². The van der Waals surface area contributed by atoms with Crippen molar-refractivity contribution in [2.24, 2.45) is 0 Å². The normalized spacial score (nSPS) is 10.9. The number of rotatable bonds is 8. The lowest BCUT2D eigenvalue weighted by Gasteiger charge is -2.01. The number of thiazole rings is 1. The molecule has 0 unspecified atom stereocenters. The van der Waals surface area contributed by atoms with Crippen LogP contribution in [0.2, 0.25) is 5.02 Å². The number of nitrogens with zero attached hydrogens (tertiary/aromatic N) is 3. The Morgan fingerprint density at radius 1 is 1.20 bits per heavy atom. The van der Waals surface area contributed by atoms with Gasteiger partial charge in [0.25, 0.3) is 5.22 Å². The number of carbonyl (C=O) groups is 1. The maximum Gasteiger partial charge on any atom is 0.277 e. The quantitative estimate of drug-likeness (QED) is 0.265. The van der Waals surface area contributed by atoms with Crippen LogP contribution in [0.15, 0.2) is 63.6 Å². The molecule has 0 radical (unpaired) electrons. The number of aryl methyl sites for hydroxylation is 1. The van der Waals surface area contributed by atoms with E-state index in [1.807, 2.05) is 60.8 Å². The zero-order chi connectivity index (χ0) is 20.9. The third-order valence-electron chi connectivity index (χ3n) is 4.11. The van der Waals surface area contributed by atoms with Gasteiger partial charge in [-0.05, 0) is 25.1 Å². The molecule has 152 valence electrons.